The number of ether oxygens (including phenoxy) is 1. The smallest absolute Gasteiger partial charge is 0.417 e. The van der Waals surface area contributed by atoms with Crippen LogP contribution in [0, 0.1) is 0 Å². The van der Waals surface area contributed by atoms with Gasteiger partial charge in [-0.1, -0.05) is 12.1 Å². The molecule has 0 spiro atoms. The van der Waals surface area contributed by atoms with Crippen LogP contribution in [0.3, 0.4) is 0 Å². The monoisotopic (exact) mass is 340 g/mol. The van der Waals surface area contributed by atoms with Gasteiger partial charge in [0.25, 0.3) is 5.56 Å². The molecule has 0 radical (unpaired) electrons. The van der Waals surface area contributed by atoms with Crippen LogP contribution in [0.15, 0.2) is 47.4 Å². The van der Waals surface area contributed by atoms with Crippen LogP contribution in [-0.2, 0) is 24.1 Å². The van der Waals surface area contributed by atoms with Gasteiger partial charge < -0.3 is 14.6 Å². The average Bonchev–Trinajstić information content (AvgIpc) is 2.54. The van der Waals surface area contributed by atoms with Crippen LogP contribution >= 0.6 is 0 Å². The summed E-state index contributed by atoms with van der Waals surface area (Å²) in [5.41, 5.74) is -0.902. The van der Waals surface area contributed by atoms with Crippen LogP contribution < -0.4 is 15.6 Å². The van der Waals surface area contributed by atoms with Gasteiger partial charge in [0.15, 0.2) is 0 Å². The minimum Gasteiger partial charge on any atom is -0.497 e. The van der Waals surface area contributed by atoms with Crippen molar-refractivity contribution in [3.05, 3.63) is 64.1 Å². The van der Waals surface area contributed by atoms with E-state index in [2.05, 4.69) is 5.32 Å². The lowest BCUT2D eigenvalue weighted by molar-refractivity contribution is -0.138. The zero-order valence-electron chi connectivity index (χ0n) is 12.8. The highest BCUT2D eigenvalue weighted by Crippen LogP contribution is 2.27. The zero-order chi connectivity index (χ0) is 17.7. The predicted octanol–water partition coefficient (Wildman–Crippen LogP) is 2.19. The maximum atomic E-state index is 12.7. The molecule has 0 atom stereocenters. The van der Waals surface area contributed by atoms with Crippen LogP contribution in [0.4, 0.5) is 13.2 Å². The number of carbonyl (C=O) groups is 1. The van der Waals surface area contributed by atoms with Crippen LogP contribution in [-0.4, -0.2) is 17.6 Å². The summed E-state index contributed by atoms with van der Waals surface area (Å²) in [5, 5.41) is 2.55. The van der Waals surface area contributed by atoms with E-state index in [1.807, 2.05) is 0 Å². The Morgan fingerprint density at radius 3 is 2.67 bits per heavy atom. The Hall–Kier alpha value is -2.77. The molecule has 0 saturated carbocycles. The number of nitrogens with one attached hydrogen (secondary N) is 1. The van der Waals surface area contributed by atoms with Crippen LogP contribution in [0.5, 0.6) is 5.75 Å². The molecule has 8 heteroatoms. The van der Waals surface area contributed by atoms with Crippen molar-refractivity contribution in [2.45, 2.75) is 19.3 Å². The molecule has 0 fully saturated rings. The molecule has 128 valence electrons. The second kappa shape index (κ2) is 7.20. The van der Waals surface area contributed by atoms with E-state index in [4.69, 9.17) is 4.74 Å². The summed E-state index contributed by atoms with van der Waals surface area (Å²) >= 11 is 0. The fourth-order valence-electron chi connectivity index (χ4n) is 2.02. The summed E-state index contributed by atoms with van der Waals surface area (Å²) in [4.78, 5) is 23.5. The van der Waals surface area contributed by atoms with Crippen molar-refractivity contribution in [1.82, 2.24) is 9.88 Å². The van der Waals surface area contributed by atoms with E-state index in [0.29, 0.717) is 18.0 Å². The van der Waals surface area contributed by atoms with Gasteiger partial charge in [0.05, 0.1) is 12.7 Å². The average molecular weight is 340 g/mol. The van der Waals surface area contributed by atoms with E-state index >= 15 is 0 Å². The number of hydrogen-bond acceptors (Lipinski definition) is 3. The highest BCUT2D eigenvalue weighted by atomic mass is 19.4. The Kier molecular flexibility index (Phi) is 5.28. The van der Waals surface area contributed by atoms with Gasteiger partial charge in [-0.3, -0.25) is 9.59 Å². The lowest BCUT2D eigenvalue weighted by atomic mass is 10.2. The number of hydrogen-bond donors (Lipinski definition) is 1. The highest BCUT2D eigenvalue weighted by Gasteiger charge is 2.31. The Morgan fingerprint density at radius 2 is 2.00 bits per heavy atom. The number of benzene rings is 1. The normalized spacial score (nSPS) is 11.2. The third-order valence-electron chi connectivity index (χ3n) is 3.25. The van der Waals surface area contributed by atoms with E-state index in [0.717, 1.165) is 16.2 Å². The van der Waals surface area contributed by atoms with Gasteiger partial charge in [0.1, 0.15) is 12.3 Å². The fourth-order valence-corrected chi connectivity index (χ4v) is 2.02. The first-order valence-corrected chi connectivity index (χ1v) is 6.97. The van der Waals surface area contributed by atoms with Crippen molar-refractivity contribution in [1.29, 1.82) is 0 Å². The third kappa shape index (κ3) is 4.61. The summed E-state index contributed by atoms with van der Waals surface area (Å²) in [6, 6.07) is 8.45. The maximum absolute atomic E-state index is 12.7. The zero-order valence-corrected chi connectivity index (χ0v) is 12.8. The first-order valence-electron chi connectivity index (χ1n) is 6.97. The molecule has 0 aliphatic heterocycles. The van der Waals surface area contributed by atoms with Crippen LogP contribution in [0.1, 0.15) is 11.1 Å². The number of rotatable bonds is 5. The van der Waals surface area contributed by atoms with E-state index in [1.165, 1.54) is 7.11 Å². The molecular formula is C16H15F3N2O3. The molecule has 5 nitrogen and oxygen atoms in total. The molecule has 0 unspecified atom stereocenters. The van der Waals surface area contributed by atoms with Crippen LogP contribution in [0.2, 0.25) is 0 Å². The molecule has 1 aromatic carbocycles. The van der Waals surface area contributed by atoms with Crippen molar-refractivity contribution in [3.63, 3.8) is 0 Å². The Morgan fingerprint density at radius 1 is 1.25 bits per heavy atom. The first-order chi connectivity index (χ1) is 11.3. The number of carbonyl (C=O) groups excluding carboxylic acids is 1. The molecular weight excluding hydrogens is 325 g/mol. The van der Waals surface area contributed by atoms with Gasteiger partial charge in [-0.15, -0.1) is 0 Å². The maximum Gasteiger partial charge on any atom is 0.417 e. The van der Waals surface area contributed by atoms with Gasteiger partial charge in [-0.2, -0.15) is 13.2 Å². The SMILES string of the molecule is COc1cccc(CNC(=O)Cn2cc(C(F)(F)F)ccc2=O)c1. The third-order valence-corrected chi connectivity index (χ3v) is 3.25. The number of aromatic nitrogens is 1. The molecule has 0 bridgehead atoms. The Balaban J connectivity index is 2.03. The van der Waals surface area contributed by atoms with E-state index in [1.54, 1.807) is 24.3 Å². The van der Waals surface area contributed by atoms with E-state index in [9.17, 15) is 22.8 Å². The molecule has 1 heterocycles. The highest BCUT2D eigenvalue weighted by molar-refractivity contribution is 5.75. The van der Waals surface area contributed by atoms with E-state index < -0.39 is 29.8 Å². The summed E-state index contributed by atoms with van der Waals surface area (Å²) in [7, 11) is 1.51. The van der Waals surface area contributed by atoms with Crippen molar-refractivity contribution in [2.75, 3.05) is 7.11 Å². The first kappa shape index (κ1) is 17.6. The second-order valence-electron chi connectivity index (χ2n) is 5.01. The van der Waals surface area contributed by atoms with Crippen molar-refractivity contribution in [2.24, 2.45) is 0 Å². The predicted molar refractivity (Wildman–Crippen MR) is 80.5 cm³/mol. The van der Waals surface area contributed by atoms with E-state index in [-0.39, 0.29) is 6.54 Å². The lowest BCUT2D eigenvalue weighted by Crippen LogP contribution is -2.32. The molecule has 1 amide bonds. The Labute approximate surface area is 135 Å². The number of pyridine rings is 1. The molecule has 0 aliphatic carbocycles. The fraction of sp³-hybridized carbons (Fsp3) is 0.250. The topological polar surface area (TPSA) is 60.3 Å². The Bertz CT molecular complexity index is 785. The van der Waals surface area contributed by atoms with Crippen molar-refractivity contribution < 1.29 is 22.7 Å². The lowest BCUT2D eigenvalue weighted by Gasteiger charge is -2.11. The van der Waals surface area contributed by atoms with Gasteiger partial charge in [0, 0.05) is 18.8 Å². The van der Waals surface area contributed by atoms with Crippen molar-refractivity contribution in [3.8, 4) is 5.75 Å². The minimum absolute atomic E-state index is 0.170. The second-order valence-corrected chi connectivity index (χ2v) is 5.01. The molecule has 24 heavy (non-hydrogen) atoms. The van der Waals surface area contributed by atoms with Gasteiger partial charge in [0.2, 0.25) is 5.91 Å². The standard InChI is InChI=1S/C16H15F3N2O3/c1-24-13-4-2-3-11(7-13)8-20-14(22)10-21-9-12(16(17,18)19)5-6-15(21)23/h2-7,9H,8,10H2,1H3,(H,20,22). The van der Waals surface area contributed by atoms with Gasteiger partial charge in [-0.05, 0) is 23.8 Å². The molecule has 2 aromatic rings. The molecule has 0 saturated heterocycles. The number of halogens is 3. The van der Waals surface area contributed by atoms with Gasteiger partial charge in [-0.25, -0.2) is 0 Å². The summed E-state index contributed by atoms with van der Waals surface area (Å²) < 4.78 is 43.7. The number of methoxy groups -OCH3 is 1. The van der Waals surface area contributed by atoms with Gasteiger partial charge >= 0.3 is 6.18 Å². The minimum atomic E-state index is -4.58. The molecule has 1 N–H and O–H groups in total. The molecule has 1 aromatic heterocycles. The number of alkyl halides is 3. The summed E-state index contributed by atoms with van der Waals surface area (Å²) in [6.07, 6.45) is -3.94. The largest absolute Gasteiger partial charge is 0.497 e. The molecule has 2 rings (SSSR count). The summed E-state index contributed by atoms with van der Waals surface area (Å²) in [6.45, 7) is -0.323. The number of amides is 1. The number of nitrogens with zero attached hydrogens (tertiary/aromatic N) is 1. The quantitative estimate of drug-likeness (QED) is 0.908. The van der Waals surface area contributed by atoms with Crippen molar-refractivity contribution >= 4 is 5.91 Å². The summed E-state index contributed by atoms with van der Waals surface area (Å²) in [5.74, 6) is 0.0510. The van der Waals surface area contributed by atoms with Crippen LogP contribution in [0.25, 0.3) is 0 Å². The molecule has 0 aliphatic rings.